The Labute approximate surface area is 326 Å². The maximum atomic E-state index is 13.9. The molecule has 2 aliphatic heterocycles. The van der Waals surface area contributed by atoms with Crippen molar-refractivity contribution >= 4 is 53.4 Å². The molecular formula is C36H60N8O12. The molecule has 7 atom stereocenters. The second-order valence-corrected chi connectivity index (χ2v) is 15.2. The first-order valence-electron chi connectivity index (χ1n) is 19.2. The lowest BCUT2D eigenvalue weighted by molar-refractivity contribution is -0.150. The van der Waals surface area contributed by atoms with Crippen LogP contribution >= 0.6 is 0 Å². The number of aliphatic carboxylic acids is 3. The third kappa shape index (κ3) is 14.3. The summed E-state index contributed by atoms with van der Waals surface area (Å²) in [6.07, 6.45) is 0.589. The number of hydrogen-bond donors (Lipinski definition) is 9. The van der Waals surface area contributed by atoms with Gasteiger partial charge in [-0.05, 0) is 76.2 Å². The molecule has 20 heteroatoms. The van der Waals surface area contributed by atoms with E-state index in [4.69, 9.17) is 11.5 Å². The Morgan fingerprint density at radius 3 is 1.73 bits per heavy atom. The highest BCUT2D eigenvalue weighted by Gasteiger charge is 2.41. The van der Waals surface area contributed by atoms with E-state index >= 15 is 0 Å². The van der Waals surface area contributed by atoms with E-state index in [-0.39, 0.29) is 63.6 Å². The van der Waals surface area contributed by atoms with Gasteiger partial charge in [0.1, 0.15) is 36.3 Å². The largest absolute Gasteiger partial charge is 0.481 e. The van der Waals surface area contributed by atoms with Crippen LogP contribution in [0.5, 0.6) is 0 Å². The lowest BCUT2D eigenvalue weighted by Gasteiger charge is -2.31. The molecular weight excluding hydrogens is 736 g/mol. The number of unbranched alkanes of at least 4 members (excludes halogenated alkanes) is 1. The summed E-state index contributed by atoms with van der Waals surface area (Å²) >= 11 is 0. The van der Waals surface area contributed by atoms with Crippen LogP contribution in [0.1, 0.15) is 98.3 Å². The van der Waals surface area contributed by atoms with Crippen LogP contribution in [0, 0.1) is 11.8 Å². The van der Waals surface area contributed by atoms with Gasteiger partial charge in [0.2, 0.25) is 35.4 Å². The molecule has 0 aromatic heterocycles. The van der Waals surface area contributed by atoms with Gasteiger partial charge in [-0.3, -0.25) is 38.4 Å². The van der Waals surface area contributed by atoms with Crippen LogP contribution in [0.3, 0.4) is 0 Å². The van der Waals surface area contributed by atoms with Crippen molar-refractivity contribution in [2.45, 2.75) is 141 Å². The van der Waals surface area contributed by atoms with E-state index in [2.05, 4.69) is 21.3 Å². The van der Waals surface area contributed by atoms with Crippen LogP contribution in [-0.4, -0.2) is 140 Å². The minimum atomic E-state index is -1.51. The molecule has 2 saturated heterocycles. The second kappa shape index (κ2) is 22.6. The van der Waals surface area contributed by atoms with Crippen molar-refractivity contribution in [3.05, 3.63) is 0 Å². The van der Waals surface area contributed by atoms with Crippen molar-refractivity contribution in [2.75, 3.05) is 19.6 Å². The normalized spacial score (nSPS) is 19.4. The van der Waals surface area contributed by atoms with E-state index in [1.165, 1.54) is 0 Å². The summed E-state index contributed by atoms with van der Waals surface area (Å²) in [6.45, 7) is 7.40. The molecule has 2 rings (SSSR count). The summed E-state index contributed by atoms with van der Waals surface area (Å²) in [5.41, 5.74) is 11.6. The lowest BCUT2D eigenvalue weighted by atomic mass is 10.0. The van der Waals surface area contributed by atoms with Crippen molar-refractivity contribution in [1.82, 2.24) is 31.1 Å². The second-order valence-electron chi connectivity index (χ2n) is 15.2. The zero-order valence-corrected chi connectivity index (χ0v) is 32.7. The van der Waals surface area contributed by atoms with Gasteiger partial charge in [0.15, 0.2) is 0 Å². The van der Waals surface area contributed by atoms with E-state index in [9.17, 15) is 58.5 Å². The van der Waals surface area contributed by atoms with E-state index in [0.29, 0.717) is 25.7 Å². The quantitative estimate of drug-likeness (QED) is 0.0531. The average Bonchev–Trinajstić information content (AvgIpc) is 3.82. The van der Waals surface area contributed by atoms with E-state index in [1.54, 1.807) is 27.7 Å². The Balaban J connectivity index is 2.31. The van der Waals surface area contributed by atoms with Crippen molar-refractivity contribution in [1.29, 1.82) is 0 Å². The van der Waals surface area contributed by atoms with Gasteiger partial charge < -0.3 is 57.9 Å². The summed E-state index contributed by atoms with van der Waals surface area (Å²) in [4.78, 5) is 118. The highest BCUT2D eigenvalue weighted by atomic mass is 16.4. The van der Waals surface area contributed by atoms with Gasteiger partial charge in [-0.2, -0.15) is 0 Å². The molecule has 0 radical (unpaired) electrons. The Hall–Kier alpha value is -4.85. The number of rotatable bonds is 23. The number of carboxylic acids is 3. The molecule has 56 heavy (non-hydrogen) atoms. The predicted octanol–water partition coefficient (Wildman–Crippen LogP) is -1.51. The van der Waals surface area contributed by atoms with E-state index in [0.717, 1.165) is 9.80 Å². The predicted molar refractivity (Wildman–Crippen MR) is 199 cm³/mol. The number of carbonyl (C=O) groups excluding carboxylic acids is 6. The molecule has 0 saturated carbocycles. The van der Waals surface area contributed by atoms with Crippen LogP contribution in [0.15, 0.2) is 0 Å². The molecule has 0 spiro atoms. The van der Waals surface area contributed by atoms with Gasteiger partial charge >= 0.3 is 17.9 Å². The van der Waals surface area contributed by atoms with E-state index in [1.807, 2.05) is 0 Å². The average molecular weight is 797 g/mol. The summed E-state index contributed by atoms with van der Waals surface area (Å²) in [5.74, 6) is -8.89. The first-order chi connectivity index (χ1) is 26.3. The fourth-order valence-corrected chi connectivity index (χ4v) is 6.74. The molecule has 0 aliphatic carbocycles. The molecule has 0 unspecified atom stereocenters. The number of nitrogens with zero attached hydrogens (tertiary/aromatic N) is 2. The van der Waals surface area contributed by atoms with Gasteiger partial charge in [-0.15, -0.1) is 0 Å². The minimum Gasteiger partial charge on any atom is -0.481 e. The first-order valence-corrected chi connectivity index (χ1v) is 19.2. The molecule has 11 N–H and O–H groups in total. The minimum absolute atomic E-state index is 0.0738. The Kier molecular flexibility index (Phi) is 19.1. The summed E-state index contributed by atoms with van der Waals surface area (Å²) < 4.78 is 0. The van der Waals surface area contributed by atoms with Crippen LogP contribution in [0.25, 0.3) is 0 Å². The number of hydrogen-bond acceptors (Lipinski definition) is 11. The van der Waals surface area contributed by atoms with E-state index < -0.39 is 108 Å². The summed E-state index contributed by atoms with van der Waals surface area (Å²) in [7, 11) is 0. The summed E-state index contributed by atoms with van der Waals surface area (Å²) in [6, 6.07) is -8.65. The number of carboxylic acid groups (broad SMARTS) is 3. The van der Waals surface area contributed by atoms with Crippen molar-refractivity contribution in [2.24, 2.45) is 23.3 Å². The maximum Gasteiger partial charge on any atom is 0.326 e. The SMILES string of the molecule is CC(C)C[C@H](NC(=O)[C@H](CCCCN)NC(=O)[C@@H]1CCCN1C(=O)[C@H](CC(=O)O)NC(=O)[C@@H](N)C(C)C)C(=O)N[C@@H](CCC(=O)O)C(=O)N1CCC[C@H]1C(=O)O. The maximum absolute atomic E-state index is 13.9. The Bertz CT molecular complexity index is 1440. The van der Waals surface area contributed by atoms with Crippen LogP contribution in [0.4, 0.5) is 0 Å². The molecule has 316 valence electrons. The fraction of sp³-hybridized carbons (Fsp3) is 0.750. The highest BCUT2D eigenvalue weighted by Crippen LogP contribution is 2.22. The van der Waals surface area contributed by atoms with Gasteiger partial charge in [-0.1, -0.05) is 27.7 Å². The molecule has 0 bridgehead atoms. The molecule has 2 heterocycles. The highest BCUT2D eigenvalue weighted by molar-refractivity contribution is 5.98. The van der Waals surface area contributed by atoms with Gasteiger partial charge in [0.25, 0.3) is 0 Å². The van der Waals surface area contributed by atoms with Crippen LogP contribution < -0.4 is 32.7 Å². The zero-order valence-electron chi connectivity index (χ0n) is 32.7. The fourth-order valence-electron chi connectivity index (χ4n) is 6.74. The van der Waals surface area contributed by atoms with Crippen molar-refractivity contribution in [3.8, 4) is 0 Å². The van der Waals surface area contributed by atoms with Crippen molar-refractivity contribution < 1.29 is 58.5 Å². The van der Waals surface area contributed by atoms with Crippen LogP contribution in [-0.2, 0) is 43.2 Å². The van der Waals surface area contributed by atoms with Gasteiger partial charge in [0, 0.05) is 19.5 Å². The number of amides is 6. The van der Waals surface area contributed by atoms with Gasteiger partial charge in [0.05, 0.1) is 12.5 Å². The molecule has 2 aliphatic rings. The zero-order chi connectivity index (χ0) is 42.3. The molecule has 20 nitrogen and oxygen atoms in total. The molecule has 0 aromatic carbocycles. The number of nitrogens with one attached hydrogen (secondary N) is 4. The molecule has 6 amide bonds. The number of nitrogens with two attached hydrogens (primary N) is 2. The van der Waals surface area contributed by atoms with Gasteiger partial charge in [-0.25, -0.2) is 4.79 Å². The number of carbonyl (C=O) groups is 9. The first kappa shape index (κ1) is 47.3. The third-order valence-corrected chi connectivity index (χ3v) is 9.86. The van der Waals surface area contributed by atoms with Crippen molar-refractivity contribution in [3.63, 3.8) is 0 Å². The monoisotopic (exact) mass is 796 g/mol. The number of likely N-dealkylation sites (tertiary alicyclic amines) is 2. The lowest BCUT2D eigenvalue weighted by Crippen LogP contribution is -2.60. The Morgan fingerprint density at radius 2 is 1.20 bits per heavy atom. The van der Waals surface area contributed by atoms with Crippen LogP contribution in [0.2, 0.25) is 0 Å². The standard InChI is InChI=1S/C36H60N8O12/c1-19(2)17-23(31(50)40-22(12-13-27(45)46)34(53)44-16-8-11-26(44)36(55)56)41-30(49)21(9-5-6-14-37)39-32(51)25-10-7-15-43(25)35(54)24(18-28(47)48)42-33(52)29(38)20(3)4/h19-26,29H,5-18,37-38H2,1-4H3,(H,39,51)(H,40,50)(H,41,49)(H,42,52)(H,45,46)(H,47,48)(H,55,56)/t21-,22-,23-,24-,25-,26-,29-/m0/s1. The Morgan fingerprint density at radius 1 is 0.661 bits per heavy atom. The smallest absolute Gasteiger partial charge is 0.326 e. The molecule has 2 fully saturated rings. The topological polar surface area (TPSA) is 321 Å². The summed E-state index contributed by atoms with van der Waals surface area (Å²) in [5, 5.41) is 38.7. The third-order valence-electron chi connectivity index (χ3n) is 9.86. The molecule has 0 aromatic rings.